The highest BCUT2D eigenvalue weighted by Crippen LogP contribution is 2.24. The van der Waals surface area contributed by atoms with E-state index in [0.29, 0.717) is 0 Å². The summed E-state index contributed by atoms with van der Waals surface area (Å²) in [5.74, 6) is 0. The van der Waals surface area contributed by atoms with Crippen LogP contribution >= 0.6 is 0 Å². The molecule has 0 aliphatic carbocycles. The Morgan fingerprint density at radius 2 is 1.16 bits per heavy atom. The Morgan fingerprint density at radius 3 is 1.77 bits per heavy atom. The second kappa shape index (κ2) is 9.73. The molecule has 0 aliphatic heterocycles. The van der Waals surface area contributed by atoms with Gasteiger partial charge >= 0.3 is 0 Å². The fraction of sp³-hybridized carbons (Fsp3) is 0.0323. The molecule has 31 heavy (non-hydrogen) atoms. The third-order valence-electron chi connectivity index (χ3n) is 5.32. The Hall–Kier alpha value is -3.90. The molecule has 0 heterocycles. The van der Waals surface area contributed by atoms with E-state index in [-0.39, 0.29) is 0 Å². The van der Waals surface area contributed by atoms with Crippen molar-refractivity contribution >= 4 is 17.7 Å². The van der Waals surface area contributed by atoms with Crippen molar-refractivity contribution in [3.8, 4) is 0 Å². The zero-order valence-electron chi connectivity index (χ0n) is 17.8. The van der Waals surface area contributed by atoms with E-state index in [2.05, 4.69) is 141 Å². The molecule has 0 radical (unpaired) electrons. The zero-order chi connectivity index (χ0) is 21.5. The number of hydrogen-bond donors (Lipinski definition) is 0. The third-order valence-corrected chi connectivity index (χ3v) is 5.32. The van der Waals surface area contributed by atoms with Gasteiger partial charge in [-0.1, -0.05) is 140 Å². The van der Waals surface area contributed by atoms with Gasteiger partial charge in [0.05, 0.1) is 0 Å². The molecule has 0 heteroatoms. The van der Waals surface area contributed by atoms with Gasteiger partial charge in [0.15, 0.2) is 0 Å². The zero-order valence-corrected chi connectivity index (χ0v) is 17.8. The molecule has 4 rings (SSSR count). The average molecular weight is 399 g/mol. The van der Waals surface area contributed by atoms with Crippen LogP contribution in [0.5, 0.6) is 0 Å². The Morgan fingerprint density at radius 1 is 0.613 bits per heavy atom. The largest absolute Gasteiger partial charge is 0.0918 e. The fourth-order valence-electron chi connectivity index (χ4n) is 3.61. The molecule has 0 bridgehead atoms. The summed E-state index contributed by atoms with van der Waals surface area (Å²) in [6, 6.07) is 38.2. The minimum atomic E-state index is 1.02. The van der Waals surface area contributed by atoms with Crippen molar-refractivity contribution < 1.29 is 0 Å². The van der Waals surface area contributed by atoms with E-state index < -0.39 is 0 Å². The van der Waals surface area contributed by atoms with E-state index in [1.807, 2.05) is 0 Å². The van der Waals surface area contributed by atoms with Crippen LogP contribution in [0, 0.1) is 6.92 Å². The van der Waals surface area contributed by atoms with Crippen LogP contribution < -0.4 is 10.4 Å². The Labute approximate surface area is 184 Å². The standard InChI is InChI=1S/C31H26/c1-24-16-20-28(21-17-24)30(26-10-5-3-6-11-26)14-9-15-31(27-12-7-4-8-13-27)29-22-18-25(2)19-23-29/h3-23H,1H2,2H3/b14-9+,31-15+. The molecule has 4 aromatic carbocycles. The van der Waals surface area contributed by atoms with E-state index in [9.17, 15) is 0 Å². The monoisotopic (exact) mass is 398 g/mol. The maximum absolute atomic E-state index is 4.02. The molecule has 0 N–H and O–H groups in total. The number of benzene rings is 4. The predicted octanol–water partition coefficient (Wildman–Crippen LogP) is 6.29. The summed E-state index contributed by atoms with van der Waals surface area (Å²) in [6.45, 7) is 6.13. The topological polar surface area (TPSA) is 0 Å². The van der Waals surface area contributed by atoms with Crippen molar-refractivity contribution in [3.63, 3.8) is 0 Å². The Bertz CT molecular complexity index is 1280. The highest BCUT2D eigenvalue weighted by molar-refractivity contribution is 5.82. The predicted molar refractivity (Wildman–Crippen MR) is 134 cm³/mol. The number of rotatable bonds is 5. The first kappa shape index (κ1) is 20.4. The minimum Gasteiger partial charge on any atom is -0.0918 e. The van der Waals surface area contributed by atoms with Gasteiger partial charge in [-0.15, -0.1) is 0 Å². The van der Waals surface area contributed by atoms with Crippen LogP contribution in [0.15, 0.2) is 127 Å². The molecule has 150 valence electrons. The molecule has 0 atom stereocenters. The maximum Gasteiger partial charge on any atom is -0.0111 e. The summed E-state index contributed by atoms with van der Waals surface area (Å²) < 4.78 is 0. The lowest BCUT2D eigenvalue weighted by Gasteiger charge is -2.08. The maximum atomic E-state index is 4.02. The average Bonchev–Trinajstić information content (AvgIpc) is 2.82. The normalized spacial score (nSPS) is 11.6. The molecule has 0 aliphatic rings. The van der Waals surface area contributed by atoms with E-state index in [4.69, 9.17) is 0 Å². The van der Waals surface area contributed by atoms with Crippen molar-refractivity contribution in [1.82, 2.24) is 0 Å². The van der Waals surface area contributed by atoms with Crippen molar-refractivity contribution in [3.05, 3.63) is 160 Å². The summed E-state index contributed by atoms with van der Waals surface area (Å²) in [5, 5.41) is 2.20. The van der Waals surface area contributed by atoms with Crippen LogP contribution in [0.1, 0.15) is 22.3 Å². The SMILES string of the molecule is C=c1ccc(=C(/C=C/C=C(\c2ccccc2)c2ccc(C)cc2)c2ccccc2)cc1. The van der Waals surface area contributed by atoms with Crippen molar-refractivity contribution in [2.24, 2.45) is 0 Å². The van der Waals surface area contributed by atoms with Gasteiger partial charge in [-0.25, -0.2) is 0 Å². The summed E-state index contributed by atoms with van der Waals surface area (Å²) in [5.41, 5.74) is 7.27. The molecule has 0 amide bonds. The molecule has 0 nitrogen and oxygen atoms in total. The van der Waals surface area contributed by atoms with Crippen molar-refractivity contribution in [1.29, 1.82) is 0 Å². The number of aryl methyl sites for hydroxylation is 1. The van der Waals surface area contributed by atoms with E-state index in [1.54, 1.807) is 0 Å². The molecule has 0 aromatic heterocycles. The van der Waals surface area contributed by atoms with E-state index in [1.165, 1.54) is 38.6 Å². The molecule has 0 saturated heterocycles. The molecule has 0 spiro atoms. The van der Waals surface area contributed by atoms with Crippen molar-refractivity contribution in [2.45, 2.75) is 6.92 Å². The summed E-state index contributed by atoms with van der Waals surface area (Å²) in [6.07, 6.45) is 6.56. The second-order valence-corrected chi connectivity index (χ2v) is 7.65. The summed E-state index contributed by atoms with van der Waals surface area (Å²) >= 11 is 0. The van der Waals surface area contributed by atoms with Gasteiger partial charge in [-0.2, -0.15) is 0 Å². The van der Waals surface area contributed by atoms with Crippen LogP contribution in [-0.4, -0.2) is 0 Å². The Kier molecular flexibility index (Phi) is 6.40. The highest BCUT2D eigenvalue weighted by Gasteiger charge is 2.04. The van der Waals surface area contributed by atoms with E-state index in [0.717, 1.165) is 5.22 Å². The van der Waals surface area contributed by atoms with Crippen LogP contribution in [0.4, 0.5) is 0 Å². The van der Waals surface area contributed by atoms with Crippen LogP contribution in [-0.2, 0) is 0 Å². The summed E-state index contributed by atoms with van der Waals surface area (Å²) in [7, 11) is 0. The molecule has 4 aromatic rings. The van der Waals surface area contributed by atoms with Gasteiger partial charge in [-0.3, -0.25) is 0 Å². The first-order chi connectivity index (χ1) is 15.2. The van der Waals surface area contributed by atoms with E-state index >= 15 is 0 Å². The Balaban J connectivity index is 1.81. The minimum absolute atomic E-state index is 1.02. The number of hydrogen-bond acceptors (Lipinski definition) is 0. The smallest absolute Gasteiger partial charge is 0.0111 e. The summed E-state index contributed by atoms with van der Waals surface area (Å²) in [4.78, 5) is 0. The van der Waals surface area contributed by atoms with Crippen molar-refractivity contribution in [2.75, 3.05) is 0 Å². The van der Waals surface area contributed by atoms with Gasteiger partial charge in [0.25, 0.3) is 0 Å². The lowest BCUT2D eigenvalue weighted by Crippen LogP contribution is -2.09. The second-order valence-electron chi connectivity index (χ2n) is 7.65. The molecular weight excluding hydrogens is 372 g/mol. The molecular formula is C31H26. The molecule has 0 fully saturated rings. The first-order valence-electron chi connectivity index (χ1n) is 10.6. The first-order valence-corrected chi connectivity index (χ1v) is 10.6. The van der Waals surface area contributed by atoms with Crippen LogP contribution in [0.25, 0.3) is 17.7 Å². The third kappa shape index (κ3) is 5.18. The van der Waals surface area contributed by atoms with Crippen LogP contribution in [0.3, 0.4) is 0 Å². The quantitative estimate of drug-likeness (QED) is 0.346. The van der Waals surface area contributed by atoms with Gasteiger partial charge in [0, 0.05) is 0 Å². The molecule has 0 unspecified atom stereocenters. The van der Waals surface area contributed by atoms with Crippen LogP contribution in [0.2, 0.25) is 0 Å². The van der Waals surface area contributed by atoms with Gasteiger partial charge in [-0.05, 0) is 45.2 Å². The van der Waals surface area contributed by atoms with Gasteiger partial charge in [0.2, 0.25) is 0 Å². The van der Waals surface area contributed by atoms with Gasteiger partial charge < -0.3 is 0 Å². The lowest BCUT2D eigenvalue weighted by atomic mass is 9.96. The molecule has 0 saturated carbocycles. The highest BCUT2D eigenvalue weighted by atomic mass is 14.1. The lowest BCUT2D eigenvalue weighted by molar-refractivity contribution is 1.44. The number of allylic oxidation sites excluding steroid dienone is 3. The fourth-order valence-corrected chi connectivity index (χ4v) is 3.61. The van der Waals surface area contributed by atoms with Gasteiger partial charge in [0.1, 0.15) is 0 Å².